The Labute approximate surface area is 118 Å². The van der Waals surface area contributed by atoms with Crippen molar-refractivity contribution in [1.29, 1.82) is 0 Å². The molecule has 0 aliphatic heterocycles. The molecule has 0 aliphatic carbocycles. The Bertz CT molecular complexity index is 279. The van der Waals surface area contributed by atoms with Crippen LogP contribution in [0.1, 0.15) is 32.6 Å². The van der Waals surface area contributed by atoms with Crippen molar-refractivity contribution < 1.29 is 18.4 Å². The lowest BCUT2D eigenvalue weighted by Gasteiger charge is -2.14. The van der Waals surface area contributed by atoms with Gasteiger partial charge in [0.15, 0.2) is 0 Å². The van der Waals surface area contributed by atoms with Crippen molar-refractivity contribution in [2.24, 2.45) is 5.73 Å². The van der Waals surface area contributed by atoms with Gasteiger partial charge in [-0.3, -0.25) is 9.59 Å². The molecule has 0 rings (SSSR count). The predicted molar refractivity (Wildman–Crippen MR) is 71.4 cm³/mol. The fraction of sp³-hybridized carbons (Fsp3) is 0.818. The highest BCUT2D eigenvalue weighted by Crippen LogP contribution is 2.09. The molecule has 0 bridgehead atoms. The minimum absolute atomic E-state index is 0. The Hall–Kier alpha value is -0.950. The van der Waals surface area contributed by atoms with Crippen LogP contribution in [0.4, 0.5) is 8.78 Å². The number of hydrogen-bond acceptors (Lipinski definition) is 3. The quantitative estimate of drug-likeness (QED) is 0.551. The number of amides is 2. The molecule has 0 atom stereocenters. The van der Waals surface area contributed by atoms with E-state index in [1.807, 2.05) is 0 Å². The van der Waals surface area contributed by atoms with Gasteiger partial charge in [-0.1, -0.05) is 6.42 Å². The Morgan fingerprint density at radius 2 is 1.79 bits per heavy atom. The second kappa shape index (κ2) is 10.9. The smallest absolute Gasteiger partial charge is 0.277 e. The molecule has 4 N–H and O–H groups in total. The van der Waals surface area contributed by atoms with Crippen LogP contribution in [-0.4, -0.2) is 37.4 Å². The maximum Gasteiger partial charge on any atom is 0.277 e. The van der Waals surface area contributed by atoms with Crippen LogP contribution < -0.4 is 16.4 Å². The molecule has 0 aromatic carbocycles. The van der Waals surface area contributed by atoms with E-state index in [1.54, 1.807) is 0 Å². The summed E-state index contributed by atoms with van der Waals surface area (Å²) in [6, 6.07) is 0. The summed E-state index contributed by atoms with van der Waals surface area (Å²) in [5, 5.41) is 4.78. The SMILES string of the molecule is CC(=O)NCCCCCC(=O)NCC(F)(F)CN.Cl. The van der Waals surface area contributed by atoms with Gasteiger partial charge in [-0.2, -0.15) is 0 Å². The Balaban J connectivity index is 0. The van der Waals surface area contributed by atoms with E-state index in [-0.39, 0.29) is 24.7 Å². The molecule has 114 valence electrons. The highest BCUT2D eigenvalue weighted by Gasteiger charge is 2.26. The predicted octanol–water partition coefficient (Wildman–Crippen LogP) is 0.815. The number of alkyl halides is 2. The van der Waals surface area contributed by atoms with Crippen LogP contribution in [0, 0.1) is 0 Å². The molecule has 0 saturated carbocycles. The van der Waals surface area contributed by atoms with Crippen LogP contribution in [0.5, 0.6) is 0 Å². The average Bonchev–Trinajstić information content (AvgIpc) is 2.31. The molecule has 19 heavy (non-hydrogen) atoms. The molecule has 0 heterocycles. The first-order valence-electron chi connectivity index (χ1n) is 5.96. The number of nitrogens with one attached hydrogen (secondary N) is 2. The summed E-state index contributed by atoms with van der Waals surface area (Å²) in [5.41, 5.74) is 4.84. The third kappa shape index (κ3) is 13.3. The summed E-state index contributed by atoms with van der Waals surface area (Å²) in [4.78, 5) is 21.7. The van der Waals surface area contributed by atoms with Gasteiger partial charge in [0.05, 0.1) is 13.1 Å². The van der Waals surface area contributed by atoms with Crippen LogP contribution in [0.3, 0.4) is 0 Å². The van der Waals surface area contributed by atoms with E-state index < -0.39 is 24.9 Å². The van der Waals surface area contributed by atoms with Crippen molar-refractivity contribution in [3.8, 4) is 0 Å². The van der Waals surface area contributed by atoms with Gasteiger partial charge in [-0.05, 0) is 12.8 Å². The number of unbranched alkanes of at least 4 members (excludes halogenated alkanes) is 2. The van der Waals surface area contributed by atoms with Crippen LogP contribution in [-0.2, 0) is 9.59 Å². The van der Waals surface area contributed by atoms with Crippen LogP contribution in [0.2, 0.25) is 0 Å². The van der Waals surface area contributed by atoms with E-state index >= 15 is 0 Å². The molecular formula is C11H22ClF2N3O2. The molecule has 0 aromatic heterocycles. The third-order valence-corrected chi connectivity index (χ3v) is 2.30. The van der Waals surface area contributed by atoms with Crippen molar-refractivity contribution >= 4 is 24.2 Å². The molecule has 0 unspecified atom stereocenters. The lowest BCUT2D eigenvalue weighted by Crippen LogP contribution is -2.41. The van der Waals surface area contributed by atoms with Crippen LogP contribution >= 0.6 is 12.4 Å². The van der Waals surface area contributed by atoms with E-state index in [4.69, 9.17) is 5.73 Å². The van der Waals surface area contributed by atoms with E-state index in [2.05, 4.69) is 10.6 Å². The topological polar surface area (TPSA) is 84.2 Å². The number of hydrogen-bond donors (Lipinski definition) is 3. The minimum Gasteiger partial charge on any atom is -0.356 e. The highest BCUT2D eigenvalue weighted by molar-refractivity contribution is 5.85. The van der Waals surface area contributed by atoms with Gasteiger partial charge in [0, 0.05) is 19.9 Å². The van der Waals surface area contributed by atoms with Crippen molar-refractivity contribution in [1.82, 2.24) is 10.6 Å². The van der Waals surface area contributed by atoms with Gasteiger partial charge >= 0.3 is 0 Å². The summed E-state index contributed by atoms with van der Waals surface area (Å²) in [5.74, 6) is -3.53. The number of nitrogens with two attached hydrogens (primary N) is 1. The maximum atomic E-state index is 12.7. The lowest BCUT2D eigenvalue weighted by atomic mass is 10.2. The maximum absolute atomic E-state index is 12.7. The largest absolute Gasteiger partial charge is 0.356 e. The molecule has 0 spiro atoms. The average molecular weight is 302 g/mol. The van der Waals surface area contributed by atoms with E-state index in [0.29, 0.717) is 13.0 Å². The van der Waals surface area contributed by atoms with E-state index in [0.717, 1.165) is 12.8 Å². The van der Waals surface area contributed by atoms with Gasteiger partial charge in [-0.25, -0.2) is 8.78 Å². The summed E-state index contributed by atoms with van der Waals surface area (Å²) in [6.45, 7) is 0.519. The molecule has 0 radical (unpaired) electrons. The molecule has 5 nitrogen and oxygen atoms in total. The van der Waals surface area contributed by atoms with Crippen molar-refractivity contribution in [2.75, 3.05) is 19.6 Å². The number of halogens is 3. The van der Waals surface area contributed by atoms with Gasteiger partial charge < -0.3 is 16.4 Å². The Kier molecular flexibility index (Phi) is 11.7. The zero-order chi connectivity index (χ0) is 14.0. The summed E-state index contributed by atoms with van der Waals surface area (Å²) >= 11 is 0. The fourth-order valence-corrected chi connectivity index (χ4v) is 1.24. The first-order chi connectivity index (χ1) is 8.37. The molecule has 2 amide bonds. The Morgan fingerprint density at radius 3 is 2.32 bits per heavy atom. The van der Waals surface area contributed by atoms with Gasteiger partial charge in [0.25, 0.3) is 5.92 Å². The van der Waals surface area contributed by atoms with E-state index in [9.17, 15) is 18.4 Å². The summed E-state index contributed by atoms with van der Waals surface area (Å²) in [7, 11) is 0. The van der Waals surface area contributed by atoms with Gasteiger partial charge in [0.1, 0.15) is 0 Å². The zero-order valence-corrected chi connectivity index (χ0v) is 11.8. The molecule has 0 fully saturated rings. The first kappa shape index (κ1) is 20.4. The van der Waals surface area contributed by atoms with Crippen molar-refractivity contribution in [3.63, 3.8) is 0 Å². The van der Waals surface area contributed by atoms with Crippen LogP contribution in [0.15, 0.2) is 0 Å². The molecule has 0 aliphatic rings. The summed E-state index contributed by atoms with van der Waals surface area (Å²) in [6.07, 6.45) is 2.35. The Morgan fingerprint density at radius 1 is 1.16 bits per heavy atom. The first-order valence-corrected chi connectivity index (χ1v) is 5.96. The molecule has 8 heteroatoms. The molecule has 0 aromatic rings. The normalized spacial score (nSPS) is 10.5. The van der Waals surface area contributed by atoms with Gasteiger partial charge in [-0.15, -0.1) is 12.4 Å². The van der Waals surface area contributed by atoms with E-state index in [1.165, 1.54) is 6.92 Å². The standard InChI is InChI=1S/C11H21F2N3O2.ClH/c1-9(17)15-6-4-2-3-5-10(18)16-8-11(12,13)7-14;/h2-8,14H2,1H3,(H,15,17)(H,16,18);1H. The second-order valence-corrected chi connectivity index (χ2v) is 4.13. The van der Waals surface area contributed by atoms with Crippen LogP contribution in [0.25, 0.3) is 0 Å². The monoisotopic (exact) mass is 301 g/mol. The summed E-state index contributed by atoms with van der Waals surface area (Å²) < 4.78 is 25.4. The number of rotatable bonds is 9. The lowest BCUT2D eigenvalue weighted by molar-refractivity contribution is -0.123. The number of carbonyl (C=O) groups is 2. The highest BCUT2D eigenvalue weighted by atomic mass is 35.5. The van der Waals surface area contributed by atoms with Crippen molar-refractivity contribution in [2.45, 2.75) is 38.5 Å². The minimum atomic E-state index is -3.04. The molecule has 0 saturated heterocycles. The van der Waals surface area contributed by atoms with Crippen molar-refractivity contribution in [3.05, 3.63) is 0 Å². The zero-order valence-electron chi connectivity index (χ0n) is 11.0. The fourth-order valence-electron chi connectivity index (χ4n) is 1.24. The number of carbonyl (C=O) groups excluding carboxylic acids is 2. The molecular weight excluding hydrogens is 280 g/mol. The third-order valence-electron chi connectivity index (χ3n) is 2.30. The van der Waals surface area contributed by atoms with Gasteiger partial charge in [0.2, 0.25) is 11.8 Å². The second-order valence-electron chi connectivity index (χ2n) is 4.13.